The van der Waals surface area contributed by atoms with Crippen LogP contribution >= 0.6 is 0 Å². The Morgan fingerprint density at radius 3 is 2.42 bits per heavy atom. The monoisotopic (exact) mass is 326 g/mol. The minimum absolute atomic E-state index is 0.0432. The van der Waals surface area contributed by atoms with Gasteiger partial charge in [0.1, 0.15) is 6.04 Å². The van der Waals surface area contributed by atoms with Gasteiger partial charge in [0.2, 0.25) is 0 Å². The van der Waals surface area contributed by atoms with E-state index in [9.17, 15) is 14.9 Å². The molecule has 3 rings (SSSR count). The Bertz CT molecular complexity index is 730. The average molecular weight is 326 g/mol. The highest BCUT2D eigenvalue weighted by molar-refractivity contribution is 5.80. The third-order valence-corrected chi connectivity index (χ3v) is 4.11. The summed E-state index contributed by atoms with van der Waals surface area (Å²) in [6.45, 7) is 2.75. The molecule has 2 aromatic rings. The molecule has 1 aliphatic heterocycles. The predicted molar refractivity (Wildman–Crippen MR) is 88.2 cm³/mol. The van der Waals surface area contributed by atoms with Crippen LogP contribution in [0.25, 0.3) is 0 Å². The molecule has 0 aromatic heterocycles. The standard InChI is InChI=1S/C18H18N2O4/c1-2-24-18(21)17-16(14-8-10-15(11-9-14)20(22)23)19(17)12-13-6-4-3-5-7-13/h3-11,16-17H,2,12H2,1H3/t16-,17+,19?/m0/s1. The third-order valence-electron chi connectivity index (χ3n) is 4.11. The molecule has 6 heteroatoms. The maximum atomic E-state index is 12.2. The van der Waals surface area contributed by atoms with E-state index in [1.54, 1.807) is 19.1 Å². The van der Waals surface area contributed by atoms with Gasteiger partial charge in [0.25, 0.3) is 5.69 Å². The molecule has 0 amide bonds. The number of ether oxygens (including phenoxy) is 1. The zero-order valence-corrected chi connectivity index (χ0v) is 13.3. The minimum atomic E-state index is -0.429. The first-order valence-electron chi connectivity index (χ1n) is 7.82. The summed E-state index contributed by atoms with van der Waals surface area (Å²) >= 11 is 0. The maximum Gasteiger partial charge on any atom is 0.325 e. The third kappa shape index (κ3) is 3.28. The van der Waals surface area contributed by atoms with Crippen LogP contribution in [0.1, 0.15) is 24.1 Å². The summed E-state index contributed by atoms with van der Waals surface area (Å²) < 4.78 is 5.16. The van der Waals surface area contributed by atoms with Gasteiger partial charge in [0, 0.05) is 18.7 Å². The second-order valence-corrected chi connectivity index (χ2v) is 5.65. The van der Waals surface area contributed by atoms with Gasteiger partial charge in [-0.05, 0) is 18.1 Å². The lowest BCUT2D eigenvalue weighted by molar-refractivity contribution is -0.384. The molecule has 0 bridgehead atoms. The lowest BCUT2D eigenvalue weighted by Crippen LogP contribution is -2.16. The smallest absolute Gasteiger partial charge is 0.325 e. The molecular formula is C18H18N2O4. The molecule has 1 saturated heterocycles. The number of hydrogen-bond acceptors (Lipinski definition) is 5. The van der Waals surface area contributed by atoms with E-state index in [4.69, 9.17) is 4.74 Å². The zero-order chi connectivity index (χ0) is 17.1. The van der Waals surface area contributed by atoms with Gasteiger partial charge in [-0.1, -0.05) is 42.5 Å². The molecule has 0 aliphatic carbocycles. The Morgan fingerprint density at radius 2 is 1.83 bits per heavy atom. The number of carbonyl (C=O) groups excluding carboxylic acids is 1. The number of nitro groups is 1. The molecule has 0 radical (unpaired) electrons. The SMILES string of the molecule is CCOC(=O)[C@H]1[C@H](c2ccc([N+](=O)[O-])cc2)N1Cc1ccccc1. The van der Waals surface area contributed by atoms with E-state index in [0.717, 1.165) is 11.1 Å². The molecule has 0 spiro atoms. The summed E-state index contributed by atoms with van der Waals surface area (Å²) in [6, 6.07) is 15.8. The molecule has 2 aromatic carbocycles. The molecule has 124 valence electrons. The van der Waals surface area contributed by atoms with Crippen molar-refractivity contribution < 1.29 is 14.5 Å². The van der Waals surface area contributed by atoms with Crippen LogP contribution in [-0.2, 0) is 16.1 Å². The van der Waals surface area contributed by atoms with Crippen LogP contribution in [0.4, 0.5) is 5.69 Å². The summed E-state index contributed by atoms with van der Waals surface area (Å²) in [6.07, 6.45) is 0. The molecule has 1 unspecified atom stereocenters. The Kier molecular flexibility index (Phi) is 4.57. The fourth-order valence-electron chi connectivity index (χ4n) is 2.93. The van der Waals surface area contributed by atoms with Crippen molar-refractivity contribution in [3.63, 3.8) is 0 Å². The van der Waals surface area contributed by atoms with Crippen molar-refractivity contribution >= 4 is 11.7 Å². The summed E-state index contributed by atoms with van der Waals surface area (Å²) in [4.78, 5) is 24.6. The number of hydrogen-bond donors (Lipinski definition) is 0. The van der Waals surface area contributed by atoms with E-state index in [1.165, 1.54) is 12.1 Å². The van der Waals surface area contributed by atoms with E-state index in [0.29, 0.717) is 13.2 Å². The number of benzene rings is 2. The topological polar surface area (TPSA) is 72.5 Å². The first-order valence-corrected chi connectivity index (χ1v) is 7.82. The van der Waals surface area contributed by atoms with Crippen LogP contribution in [0.5, 0.6) is 0 Å². The van der Waals surface area contributed by atoms with Gasteiger partial charge in [-0.2, -0.15) is 0 Å². The summed E-state index contributed by atoms with van der Waals surface area (Å²) in [5.41, 5.74) is 2.03. The van der Waals surface area contributed by atoms with E-state index >= 15 is 0 Å². The summed E-state index contributed by atoms with van der Waals surface area (Å²) in [5, 5.41) is 10.8. The zero-order valence-electron chi connectivity index (χ0n) is 13.3. The van der Waals surface area contributed by atoms with Crippen molar-refractivity contribution in [1.82, 2.24) is 4.90 Å². The van der Waals surface area contributed by atoms with Crippen molar-refractivity contribution in [1.29, 1.82) is 0 Å². The molecular weight excluding hydrogens is 308 g/mol. The van der Waals surface area contributed by atoms with E-state index in [2.05, 4.69) is 0 Å². The highest BCUT2D eigenvalue weighted by Gasteiger charge is 2.54. The van der Waals surface area contributed by atoms with Crippen molar-refractivity contribution in [2.75, 3.05) is 6.61 Å². The largest absolute Gasteiger partial charge is 0.465 e. The van der Waals surface area contributed by atoms with Gasteiger partial charge < -0.3 is 4.74 Å². The number of carbonyl (C=O) groups is 1. The number of rotatable bonds is 6. The van der Waals surface area contributed by atoms with Crippen molar-refractivity contribution in [3.8, 4) is 0 Å². The number of non-ortho nitro benzene ring substituents is 1. The first kappa shape index (κ1) is 16.1. The molecule has 1 heterocycles. The number of esters is 1. The fraction of sp³-hybridized carbons (Fsp3) is 0.278. The number of nitro benzene ring substituents is 1. The van der Waals surface area contributed by atoms with Crippen LogP contribution < -0.4 is 0 Å². The Hall–Kier alpha value is -2.73. The van der Waals surface area contributed by atoms with Gasteiger partial charge in [-0.15, -0.1) is 0 Å². The fourth-order valence-corrected chi connectivity index (χ4v) is 2.93. The van der Waals surface area contributed by atoms with E-state index in [1.807, 2.05) is 35.2 Å². The average Bonchev–Trinajstić information content (AvgIpc) is 3.30. The maximum absolute atomic E-state index is 12.2. The van der Waals surface area contributed by atoms with Gasteiger partial charge in [0.15, 0.2) is 0 Å². The number of nitrogens with zero attached hydrogens (tertiary/aromatic N) is 2. The molecule has 0 N–H and O–H groups in total. The normalized spacial score (nSPS) is 22.0. The second kappa shape index (κ2) is 6.80. The molecule has 1 fully saturated rings. The molecule has 24 heavy (non-hydrogen) atoms. The first-order chi connectivity index (χ1) is 11.6. The predicted octanol–water partition coefficient (Wildman–Crippen LogP) is 3.08. The summed E-state index contributed by atoms with van der Waals surface area (Å²) in [7, 11) is 0. The van der Waals surface area contributed by atoms with Gasteiger partial charge in [-0.25, -0.2) is 0 Å². The second-order valence-electron chi connectivity index (χ2n) is 5.65. The van der Waals surface area contributed by atoms with Gasteiger partial charge in [-0.3, -0.25) is 19.8 Å². The Labute approximate surface area is 139 Å². The van der Waals surface area contributed by atoms with Crippen molar-refractivity contribution in [3.05, 3.63) is 75.8 Å². The van der Waals surface area contributed by atoms with Crippen LogP contribution in [0, 0.1) is 10.1 Å². The van der Waals surface area contributed by atoms with Crippen molar-refractivity contribution in [2.45, 2.75) is 25.6 Å². The lowest BCUT2D eigenvalue weighted by Gasteiger charge is -2.04. The highest BCUT2D eigenvalue weighted by atomic mass is 16.6. The highest BCUT2D eigenvalue weighted by Crippen LogP contribution is 2.45. The van der Waals surface area contributed by atoms with Gasteiger partial charge >= 0.3 is 5.97 Å². The molecule has 1 aliphatic rings. The van der Waals surface area contributed by atoms with Gasteiger partial charge in [0.05, 0.1) is 17.6 Å². The van der Waals surface area contributed by atoms with Crippen LogP contribution in [0.15, 0.2) is 54.6 Å². The van der Waals surface area contributed by atoms with Crippen LogP contribution in [0.2, 0.25) is 0 Å². The lowest BCUT2D eigenvalue weighted by atomic mass is 10.1. The summed E-state index contributed by atoms with van der Waals surface area (Å²) in [5.74, 6) is -0.253. The van der Waals surface area contributed by atoms with Crippen LogP contribution in [0.3, 0.4) is 0 Å². The Morgan fingerprint density at radius 1 is 1.17 bits per heavy atom. The molecule has 6 nitrogen and oxygen atoms in total. The minimum Gasteiger partial charge on any atom is -0.465 e. The van der Waals surface area contributed by atoms with Crippen LogP contribution in [-0.4, -0.2) is 28.4 Å². The quantitative estimate of drug-likeness (QED) is 0.353. The molecule has 3 atom stereocenters. The van der Waals surface area contributed by atoms with Crippen molar-refractivity contribution in [2.24, 2.45) is 0 Å². The Balaban J connectivity index is 1.80. The molecule has 0 saturated carbocycles. The van der Waals surface area contributed by atoms with E-state index in [-0.39, 0.29) is 23.7 Å². The van der Waals surface area contributed by atoms with E-state index < -0.39 is 4.92 Å².